The summed E-state index contributed by atoms with van der Waals surface area (Å²) in [5, 5.41) is 18.3. The first-order valence-electron chi connectivity index (χ1n) is 6.77. The van der Waals surface area contributed by atoms with Gasteiger partial charge in [0, 0.05) is 12.6 Å². The molecule has 0 bridgehead atoms. The average Bonchev–Trinajstić information content (AvgIpc) is 2.97. The summed E-state index contributed by atoms with van der Waals surface area (Å²) < 4.78 is 4.65. The fourth-order valence-electron chi connectivity index (χ4n) is 2.51. The highest BCUT2D eigenvalue weighted by Crippen LogP contribution is 2.35. The quantitative estimate of drug-likeness (QED) is 0.758. The molecule has 1 aliphatic carbocycles. The Kier molecular flexibility index (Phi) is 4.60. The Bertz CT molecular complexity index is 452. The van der Waals surface area contributed by atoms with E-state index in [1.807, 2.05) is 0 Å². The van der Waals surface area contributed by atoms with Gasteiger partial charge in [0.2, 0.25) is 0 Å². The van der Waals surface area contributed by atoms with Crippen LogP contribution in [0.5, 0.6) is 0 Å². The van der Waals surface area contributed by atoms with Crippen LogP contribution < -0.4 is 10.6 Å². The molecule has 110 valence electrons. The maximum absolute atomic E-state index is 11.7. The van der Waals surface area contributed by atoms with Gasteiger partial charge < -0.3 is 20.3 Å². The molecule has 2 rings (SSSR count). The number of hydrogen-bond acceptors (Lipinski definition) is 4. The molecule has 7 heteroatoms. The summed E-state index contributed by atoms with van der Waals surface area (Å²) in [6.07, 6.45) is 5.52. The molecular formula is C13H19N3O4. The van der Waals surface area contributed by atoms with Crippen LogP contribution in [-0.2, 0) is 11.3 Å². The lowest BCUT2D eigenvalue weighted by Crippen LogP contribution is -2.47. The highest BCUT2D eigenvalue weighted by molar-refractivity contribution is 5.78. The largest absolute Gasteiger partial charge is 0.481 e. The van der Waals surface area contributed by atoms with Crippen LogP contribution in [-0.4, -0.2) is 28.8 Å². The molecule has 0 aromatic carbocycles. The normalized spacial score (nSPS) is 17.4. The Morgan fingerprint density at radius 3 is 2.65 bits per heavy atom. The third kappa shape index (κ3) is 3.49. The second kappa shape index (κ2) is 6.40. The zero-order valence-corrected chi connectivity index (χ0v) is 11.2. The van der Waals surface area contributed by atoms with Gasteiger partial charge >= 0.3 is 12.0 Å². The lowest BCUT2D eigenvalue weighted by Gasteiger charge is -2.33. The summed E-state index contributed by atoms with van der Waals surface area (Å²) in [4.78, 5) is 23.1. The zero-order valence-electron chi connectivity index (χ0n) is 11.2. The smallest absolute Gasteiger partial charge is 0.315 e. The molecule has 1 saturated carbocycles. The van der Waals surface area contributed by atoms with Crippen molar-refractivity contribution in [2.24, 2.45) is 5.41 Å². The molecule has 20 heavy (non-hydrogen) atoms. The number of carboxylic acids is 1. The number of hydrogen-bond donors (Lipinski definition) is 3. The summed E-state index contributed by atoms with van der Waals surface area (Å²) in [6.45, 7) is 0.412. The average molecular weight is 281 g/mol. The van der Waals surface area contributed by atoms with Crippen molar-refractivity contribution in [2.75, 3.05) is 6.54 Å². The van der Waals surface area contributed by atoms with E-state index in [-0.39, 0.29) is 19.1 Å². The second-order valence-corrected chi connectivity index (χ2v) is 5.17. The topological polar surface area (TPSA) is 104 Å². The molecule has 1 aromatic rings. The number of rotatable bonds is 5. The van der Waals surface area contributed by atoms with Crippen molar-refractivity contribution in [1.29, 1.82) is 0 Å². The van der Waals surface area contributed by atoms with Crippen molar-refractivity contribution in [3.63, 3.8) is 0 Å². The molecule has 3 N–H and O–H groups in total. The third-order valence-electron chi connectivity index (χ3n) is 3.77. The number of aliphatic carboxylic acids is 1. The SMILES string of the molecule is O=C(NCc1ccon1)NCC1(C(=O)O)CCCCC1. The van der Waals surface area contributed by atoms with E-state index in [0.29, 0.717) is 18.5 Å². The lowest BCUT2D eigenvalue weighted by atomic mass is 9.74. The third-order valence-corrected chi connectivity index (χ3v) is 3.77. The van der Waals surface area contributed by atoms with Crippen LogP contribution in [0.25, 0.3) is 0 Å². The van der Waals surface area contributed by atoms with Gasteiger partial charge in [0.05, 0.1) is 12.0 Å². The van der Waals surface area contributed by atoms with Gasteiger partial charge in [-0.3, -0.25) is 4.79 Å². The first kappa shape index (κ1) is 14.4. The van der Waals surface area contributed by atoms with Crippen LogP contribution in [0.1, 0.15) is 37.8 Å². The molecule has 0 radical (unpaired) electrons. The summed E-state index contributed by atoms with van der Waals surface area (Å²) in [5.41, 5.74) is -0.200. The Balaban J connectivity index is 1.80. The van der Waals surface area contributed by atoms with E-state index >= 15 is 0 Å². The van der Waals surface area contributed by atoms with Crippen molar-refractivity contribution in [3.8, 4) is 0 Å². The Labute approximate surface area is 116 Å². The lowest BCUT2D eigenvalue weighted by molar-refractivity contribution is -0.150. The van der Waals surface area contributed by atoms with E-state index in [0.717, 1.165) is 19.3 Å². The minimum atomic E-state index is -0.825. The molecule has 0 spiro atoms. The number of carbonyl (C=O) groups is 2. The number of nitrogens with one attached hydrogen (secondary N) is 2. The van der Waals surface area contributed by atoms with Gasteiger partial charge in [-0.1, -0.05) is 24.4 Å². The summed E-state index contributed by atoms with van der Waals surface area (Å²) in [6, 6.07) is 1.26. The molecule has 0 unspecified atom stereocenters. The molecule has 0 atom stereocenters. The molecule has 7 nitrogen and oxygen atoms in total. The summed E-state index contributed by atoms with van der Waals surface area (Å²) in [7, 11) is 0. The summed E-state index contributed by atoms with van der Waals surface area (Å²) in [5.74, 6) is -0.825. The maximum atomic E-state index is 11.7. The van der Waals surface area contributed by atoms with Crippen molar-refractivity contribution in [1.82, 2.24) is 15.8 Å². The fourth-order valence-corrected chi connectivity index (χ4v) is 2.51. The highest BCUT2D eigenvalue weighted by Gasteiger charge is 2.39. The number of nitrogens with zero attached hydrogens (tertiary/aromatic N) is 1. The van der Waals surface area contributed by atoms with Gasteiger partial charge in [0.1, 0.15) is 12.0 Å². The molecule has 0 aliphatic heterocycles. The minimum absolute atomic E-state index is 0.160. The van der Waals surface area contributed by atoms with Crippen molar-refractivity contribution >= 4 is 12.0 Å². The van der Waals surface area contributed by atoms with Crippen LogP contribution in [0, 0.1) is 5.41 Å². The number of carbonyl (C=O) groups excluding carboxylic acids is 1. The van der Waals surface area contributed by atoms with Crippen LogP contribution in [0.15, 0.2) is 16.9 Å². The first-order valence-corrected chi connectivity index (χ1v) is 6.77. The second-order valence-electron chi connectivity index (χ2n) is 5.17. The number of urea groups is 1. The fraction of sp³-hybridized carbons (Fsp3) is 0.615. The first-order chi connectivity index (χ1) is 9.62. The van der Waals surface area contributed by atoms with Gasteiger partial charge in [0.25, 0.3) is 0 Å². The van der Waals surface area contributed by atoms with Gasteiger partial charge in [-0.15, -0.1) is 0 Å². The van der Waals surface area contributed by atoms with Gasteiger partial charge in [-0.05, 0) is 12.8 Å². The Hall–Kier alpha value is -2.05. The van der Waals surface area contributed by atoms with Crippen LogP contribution in [0.2, 0.25) is 0 Å². The van der Waals surface area contributed by atoms with Crippen molar-refractivity contribution < 1.29 is 19.2 Å². The highest BCUT2D eigenvalue weighted by atomic mass is 16.5. The Morgan fingerprint density at radius 2 is 2.05 bits per heavy atom. The van der Waals surface area contributed by atoms with Crippen molar-refractivity contribution in [2.45, 2.75) is 38.6 Å². The molecular weight excluding hydrogens is 262 g/mol. The molecule has 2 amide bonds. The monoisotopic (exact) mass is 281 g/mol. The van der Waals surface area contributed by atoms with E-state index in [9.17, 15) is 14.7 Å². The molecule has 1 heterocycles. The zero-order chi connectivity index (χ0) is 14.4. The van der Waals surface area contributed by atoms with Gasteiger partial charge in [-0.2, -0.15) is 0 Å². The van der Waals surface area contributed by atoms with E-state index in [2.05, 4.69) is 20.3 Å². The number of amides is 2. The minimum Gasteiger partial charge on any atom is -0.481 e. The van der Waals surface area contributed by atoms with E-state index in [1.54, 1.807) is 6.07 Å². The molecule has 0 saturated heterocycles. The standard InChI is InChI=1S/C13H19N3O4/c17-11(18)13(5-2-1-3-6-13)9-15-12(19)14-8-10-4-7-20-16-10/h4,7H,1-3,5-6,8-9H2,(H,17,18)(H2,14,15,19). The van der Waals surface area contributed by atoms with Gasteiger partial charge in [0.15, 0.2) is 0 Å². The number of carboxylic acid groups (broad SMARTS) is 1. The molecule has 1 aromatic heterocycles. The predicted molar refractivity (Wildman–Crippen MR) is 69.9 cm³/mol. The van der Waals surface area contributed by atoms with Crippen LogP contribution in [0.4, 0.5) is 4.79 Å². The van der Waals surface area contributed by atoms with Crippen LogP contribution in [0.3, 0.4) is 0 Å². The maximum Gasteiger partial charge on any atom is 0.315 e. The Morgan fingerprint density at radius 1 is 1.30 bits per heavy atom. The molecule has 1 aliphatic rings. The van der Waals surface area contributed by atoms with Crippen LogP contribution >= 0.6 is 0 Å². The van der Waals surface area contributed by atoms with Crippen molar-refractivity contribution in [3.05, 3.63) is 18.0 Å². The van der Waals surface area contributed by atoms with E-state index in [1.165, 1.54) is 6.26 Å². The van der Waals surface area contributed by atoms with E-state index < -0.39 is 11.4 Å². The van der Waals surface area contributed by atoms with E-state index in [4.69, 9.17) is 0 Å². The molecule has 1 fully saturated rings. The predicted octanol–water partition coefficient (Wildman–Crippen LogP) is 1.51. The summed E-state index contributed by atoms with van der Waals surface area (Å²) >= 11 is 0. The number of aromatic nitrogens is 1. The van der Waals surface area contributed by atoms with Gasteiger partial charge in [-0.25, -0.2) is 4.79 Å².